The second kappa shape index (κ2) is 9.40. The van der Waals surface area contributed by atoms with Crippen LogP contribution < -0.4 is 0 Å². The molecule has 0 saturated heterocycles. The Hall–Kier alpha value is -5.73. The van der Waals surface area contributed by atoms with Gasteiger partial charge in [0.2, 0.25) is 0 Å². The van der Waals surface area contributed by atoms with Crippen LogP contribution in [0.3, 0.4) is 0 Å². The van der Waals surface area contributed by atoms with E-state index in [0.29, 0.717) is 0 Å². The van der Waals surface area contributed by atoms with E-state index in [1.807, 2.05) is 24.3 Å². The van der Waals surface area contributed by atoms with E-state index in [2.05, 4.69) is 127 Å². The third-order valence-corrected chi connectivity index (χ3v) is 8.63. The molecule has 0 aliphatic rings. The Morgan fingerprint density at radius 3 is 1.65 bits per heavy atom. The molecule has 0 amide bonds. The summed E-state index contributed by atoms with van der Waals surface area (Å²) in [5.41, 5.74) is 9.58. The van der Waals surface area contributed by atoms with Crippen LogP contribution in [0.5, 0.6) is 0 Å². The summed E-state index contributed by atoms with van der Waals surface area (Å²) in [6, 6.07) is 53.9. The van der Waals surface area contributed by atoms with Crippen molar-refractivity contribution in [2.45, 2.75) is 0 Å². The highest BCUT2D eigenvalue weighted by Crippen LogP contribution is 2.40. The van der Waals surface area contributed by atoms with Gasteiger partial charge >= 0.3 is 0 Å². The lowest BCUT2D eigenvalue weighted by atomic mass is 9.95. The molecule has 9 rings (SSSR count). The third kappa shape index (κ3) is 3.92. The van der Waals surface area contributed by atoms with Gasteiger partial charge in [0.25, 0.3) is 0 Å². The van der Waals surface area contributed by atoms with Gasteiger partial charge in [-0.05, 0) is 80.2 Å². The smallest absolute Gasteiger partial charge is 0.147 e. The number of pyridine rings is 1. The lowest BCUT2D eigenvalue weighted by Crippen LogP contribution is -1.88. The maximum atomic E-state index is 6.38. The van der Waals surface area contributed by atoms with Crippen LogP contribution in [0.25, 0.3) is 87.9 Å². The van der Waals surface area contributed by atoms with E-state index >= 15 is 0 Å². The highest BCUT2D eigenvalue weighted by atomic mass is 16.3. The van der Waals surface area contributed by atoms with Crippen LogP contribution in [0.2, 0.25) is 0 Å². The number of fused-ring (bicyclic) bond motifs is 7. The Kier molecular flexibility index (Phi) is 5.23. The van der Waals surface area contributed by atoms with Crippen molar-refractivity contribution >= 4 is 54.4 Å². The molecular formula is C41H25NO. The van der Waals surface area contributed by atoms with Crippen molar-refractivity contribution in [2.75, 3.05) is 0 Å². The van der Waals surface area contributed by atoms with Gasteiger partial charge in [-0.25, -0.2) is 4.98 Å². The number of hydrogen-bond donors (Lipinski definition) is 0. The average molecular weight is 548 g/mol. The Bertz CT molecular complexity index is 2500. The molecule has 2 aromatic heterocycles. The van der Waals surface area contributed by atoms with Crippen molar-refractivity contribution in [1.82, 2.24) is 4.98 Å². The highest BCUT2D eigenvalue weighted by Gasteiger charge is 2.17. The SMILES string of the molecule is c1ccc2cc(-c3ccc4cc(-c5ccc(-c6nc7ccccc7c7oc8ccccc8c67)cc5)ccc4c3)ccc2c1. The topological polar surface area (TPSA) is 26.0 Å². The monoisotopic (exact) mass is 547 g/mol. The number of aromatic nitrogens is 1. The van der Waals surface area contributed by atoms with Crippen LogP contribution in [-0.2, 0) is 0 Å². The van der Waals surface area contributed by atoms with Gasteiger partial charge < -0.3 is 4.42 Å². The van der Waals surface area contributed by atoms with Crippen molar-refractivity contribution in [3.8, 4) is 33.5 Å². The van der Waals surface area contributed by atoms with E-state index in [1.54, 1.807) is 0 Å². The molecular weight excluding hydrogens is 522 g/mol. The number of nitrogens with zero attached hydrogens (tertiary/aromatic N) is 1. The van der Waals surface area contributed by atoms with Crippen molar-refractivity contribution < 1.29 is 4.42 Å². The Balaban J connectivity index is 1.10. The van der Waals surface area contributed by atoms with Gasteiger partial charge in [0.05, 0.1) is 16.6 Å². The Morgan fingerprint density at radius 2 is 0.907 bits per heavy atom. The predicted molar refractivity (Wildman–Crippen MR) is 180 cm³/mol. The van der Waals surface area contributed by atoms with Crippen molar-refractivity contribution in [2.24, 2.45) is 0 Å². The Morgan fingerprint density at radius 1 is 0.395 bits per heavy atom. The maximum absolute atomic E-state index is 6.38. The van der Waals surface area contributed by atoms with E-state index in [-0.39, 0.29) is 0 Å². The molecule has 0 atom stereocenters. The van der Waals surface area contributed by atoms with E-state index < -0.39 is 0 Å². The molecule has 0 saturated carbocycles. The van der Waals surface area contributed by atoms with Crippen molar-refractivity contribution in [3.63, 3.8) is 0 Å². The fourth-order valence-corrected chi connectivity index (χ4v) is 6.41. The van der Waals surface area contributed by atoms with Gasteiger partial charge in [-0.2, -0.15) is 0 Å². The van der Waals surface area contributed by atoms with Crippen LogP contribution in [0, 0.1) is 0 Å². The normalized spacial score (nSPS) is 11.7. The molecule has 7 aromatic carbocycles. The van der Waals surface area contributed by atoms with Crippen LogP contribution in [0.4, 0.5) is 0 Å². The number of para-hydroxylation sites is 2. The predicted octanol–water partition coefficient (Wildman–Crippen LogP) is 11.4. The first-order valence-electron chi connectivity index (χ1n) is 14.6. The summed E-state index contributed by atoms with van der Waals surface area (Å²) < 4.78 is 6.38. The summed E-state index contributed by atoms with van der Waals surface area (Å²) in [4.78, 5) is 5.13. The Labute approximate surface area is 248 Å². The zero-order valence-corrected chi connectivity index (χ0v) is 23.3. The van der Waals surface area contributed by atoms with Crippen LogP contribution in [0.1, 0.15) is 0 Å². The molecule has 2 heterocycles. The summed E-state index contributed by atoms with van der Waals surface area (Å²) >= 11 is 0. The van der Waals surface area contributed by atoms with Crippen LogP contribution in [0.15, 0.2) is 156 Å². The molecule has 0 fully saturated rings. The quantitative estimate of drug-likeness (QED) is 0.220. The second-order valence-corrected chi connectivity index (χ2v) is 11.2. The largest absolute Gasteiger partial charge is 0.455 e. The molecule has 0 bridgehead atoms. The number of benzene rings is 7. The van der Waals surface area contributed by atoms with Gasteiger partial charge in [0.15, 0.2) is 0 Å². The second-order valence-electron chi connectivity index (χ2n) is 11.2. The maximum Gasteiger partial charge on any atom is 0.147 e. The molecule has 0 aliphatic heterocycles. The number of furan rings is 1. The first kappa shape index (κ1) is 23.9. The van der Waals surface area contributed by atoms with Crippen LogP contribution >= 0.6 is 0 Å². The zero-order chi connectivity index (χ0) is 28.3. The minimum absolute atomic E-state index is 0.883. The number of rotatable bonds is 3. The summed E-state index contributed by atoms with van der Waals surface area (Å²) in [5, 5.41) is 8.19. The summed E-state index contributed by atoms with van der Waals surface area (Å²) in [6.45, 7) is 0. The minimum Gasteiger partial charge on any atom is -0.455 e. The van der Waals surface area contributed by atoms with E-state index in [4.69, 9.17) is 9.40 Å². The molecule has 2 nitrogen and oxygen atoms in total. The molecule has 0 unspecified atom stereocenters. The van der Waals surface area contributed by atoms with E-state index in [1.165, 1.54) is 43.8 Å². The molecule has 200 valence electrons. The first-order valence-corrected chi connectivity index (χ1v) is 14.6. The molecule has 0 aliphatic carbocycles. The van der Waals surface area contributed by atoms with Gasteiger partial charge in [-0.1, -0.05) is 115 Å². The van der Waals surface area contributed by atoms with Crippen molar-refractivity contribution in [1.29, 1.82) is 0 Å². The molecule has 0 N–H and O–H groups in total. The van der Waals surface area contributed by atoms with Gasteiger partial charge in [0, 0.05) is 16.3 Å². The fourth-order valence-electron chi connectivity index (χ4n) is 6.41. The molecule has 43 heavy (non-hydrogen) atoms. The first-order chi connectivity index (χ1) is 21.3. The molecule has 9 aromatic rings. The number of hydrogen-bond acceptors (Lipinski definition) is 2. The minimum atomic E-state index is 0.883. The van der Waals surface area contributed by atoms with Crippen LogP contribution in [-0.4, -0.2) is 4.98 Å². The zero-order valence-electron chi connectivity index (χ0n) is 23.3. The summed E-state index contributed by atoms with van der Waals surface area (Å²) in [5.74, 6) is 0. The highest BCUT2D eigenvalue weighted by molar-refractivity contribution is 6.19. The third-order valence-electron chi connectivity index (χ3n) is 8.63. The lowest BCUT2D eigenvalue weighted by Gasteiger charge is -2.10. The fraction of sp³-hybridized carbons (Fsp3) is 0. The van der Waals surface area contributed by atoms with E-state index in [9.17, 15) is 0 Å². The standard InChI is InChI=1S/C41H25NO/c1-2-8-29-23-31(18-15-26(29)7-1)34-22-21-32-24-30(19-20-33(32)25-34)27-13-16-28(17-14-27)40-39-36-10-4-6-12-38(36)43-41(39)35-9-3-5-11-37(35)42-40/h1-25H. The van der Waals surface area contributed by atoms with Crippen molar-refractivity contribution in [3.05, 3.63) is 152 Å². The lowest BCUT2D eigenvalue weighted by molar-refractivity contribution is 0.672. The molecule has 0 spiro atoms. The summed E-state index contributed by atoms with van der Waals surface area (Å²) in [7, 11) is 0. The molecule has 2 heteroatoms. The van der Waals surface area contributed by atoms with Gasteiger partial charge in [0.1, 0.15) is 11.2 Å². The van der Waals surface area contributed by atoms with E-state index in [0.717, 1.165) is 44.1 Å². The van der Waals surface area contributed by atoms with Gasteiger partial charge in [-0.3, -0.25) is 0 Å². The average Bonchev–Trinajstić information content (AvgIpc) is 3.47. The molecule has 0 radical (unpaired) electrons. The summed E-state index contributed by atoms with van der Waals surface area (Å²) in [6.07, 6.45) is 0. The van der Waals surface area contributed by atoms with Gasteiger partial charge in [-0.15, -0.1) is 0 Å².